The number of alkyl halides is 3. The molecule has 6 heteroatoms. The minimum absolute atomic E-state index is 0.0226. The van der Waals surface area contributed by atoms with Gasteiger partial charge in [-0.05, 0) is 6.07 Å². The number of halogens is 3. The van der Waals surface area contributed by atoms with E-state index in [2.05, 4.69) is 4.98 Å². The van der Waals surface area contributed by atoms with Gasteiger partial charge in [0, 0.05) is 5.56 Å². The molecule has 2 N–H and O–H groups in total. The third-order valence-corrected chi connectivity index (χ3v) is 1.92. The van der Waals surface area contributed by atoms with Gasteiger partial charge in [-0.2, -0.15) is 5.26 Å². The third kappa shape index (κ3) is 1.91. The molecule has 3 nitrogen and oxygen atoms in total. The first-order valence-electron chi connectivity index (χ1n) is 3.63. The lowest BCUT2D eigenvalue weighted by molar-refractivity contribution is 0.146. The van der Waals surface area contributed by atoms with Crippen LogP contribution in [0.2, 0.25) is 0 Å². The number of nitrogens with zero attached hydrogens (tertiary/aromatic N) is 2. The van der Waals surface area contributed by atoms with E-state index in [9.17, 15) is 8.78 Å². The largest absolute Gasteiger partial charge is 0.383 e. The number of pyridine rings is 1. The van der Waals surface area contributed by atoms with Gasteiger partial charge in [-0.3, -0.25) is 0 Å². The molecule has 1 aromatic heterocycles. The second kappa shape index (κ2) is 4.20. The average Bonchev–Trinajstić information content (AvgIpc) is 2.16. The van der Waals surface area contributed by atoms with Crippen molar-refractivity contribution in [1.29, 1.82) is 5.26 Å². The van der Waals surface area contributed by atoms with Crippen LogP contribution in [-0.2, 0) is 5.88 Å². The Kier molecular flexibility index (Phi) is 3.20. The van der Waals surface area contributed by atoms with Gasteiger partial charge in [-0.15, -0.1) is 11.6 Å². The molecule has 0 saturated carbocycles. The minimum atomic E-state index is -2.74. The predicted molar refractivity (Wildman–Crippen MR) is 47.9 cm³/mol. The molecule has 0 aliphatic carbocycles. The van der Waals surface area contributed by atoms with Crippen molar-refractivity contribution in [3.05, 3.63) is 22.9 Å². The zero-order valence-electron chi connectivity index (χ0n) is 6.97. The Balaban J connectivity index is 3.33. The van der Waals surface area contributed by atoms with Gasteiger partial charge in [-0.1, -0.05) is 0 Å². The third-order valence-electron chi connectivity index (χ3n) is 1.65. The maximum Gasteiger partial charge on any atom is 0.280 e. The Labute approximate surface area is 84.1 Å². The maximum atomic E-state index is 12.2. The standard InChI is InChI=1S/C8H6ClF2N3/c9-2-5-4(3-12)1-6(7(10)11)14-8(5)13/h1,7H,2H2,(H2,13,14). The molecule has 0 radical (unpaired) electrons. The molecular formula is C8H6ClF2N3. The maximum absolute atomic E-state index is 12.2. The summed E-state index contributed by atoms with van der Waals surface area (Å²) in [5.74, 6) is -0.139. The van der Waals surface area contributed by atoms with Gasteiger partial charge >= 0.3 is 0 Å². The molecule has 1 aromatic rings. The zero-order valence-corrected chi connectivity index (χ0v) is 7.72. The highest BCUT2D eigenvalue weighted by Crippen LogP contribution is 2.23. The molecule has 1 heterocycles. The fraction of sp³-hybridized carbons (Fsp3) is 0.250. The first-order valence-corrected chi connectivity index (χ1v) is 4.17. The smallest absolute Gasteiger partial charge is 0.280 e. The summed E-state index contributed by atoms with van der Waals surface area (Å²) in [5, 5.41) is 8.64. The first kappa shape index (κ1) is 10.7. The van der Waals surface area contributed by atoms with Crippen LogP contribution in [0.3, 0.4) is 0 Å². The number of aromatic nitrogens is 1. The highest BCUT2D eigenvalue weighted by molar-refractivity contribution is 6.17. The number of nitrogen functional groups attached to an aromatic ring is 1. The van der Waals surface area contributed by atoms with Crippen molar-refractivity contribution in [2.45, 2.75) is 12.3 Å². The topological polar surface area (TPSA) is 62.7 Å². The Morgan fingerprint density at radius 3 is 2.71 bits per heavy atom. The second-order valence-electron chi connectivity index (χ2n) is 2.50. The van der Waals surface area contributed by atoms with Crippen LogP contribution in [0.25, 0.3) is 0 Å². The lowest BCUT2D eigenvalue weighted by atomic mass is 10.1. The lowest BCUT2D eigenvalue weighted by Gasteiger charge is -2.06. The van der Waals surface area contributed by atoms with Gasteiger partial charge in [0.2, 0.25) is 0 Å². The van der Waals surface area contributed by atoms with Crippen molar-refractivity contribution in [2.75, 3.05) is 5.73 Å². The molecule has 0 spiro atoms. The molecule has 0 atom stereocenters. The van der Waals surface area contributed by atoms with Crippen molar-refractivity contribution in [3.63, 3.8) is 0 Å². The number of rotatable bonds is 2. The quantitative estimate of drug-likeness (QED) is 0.773. The molecule has 0 aliphatic heterocycles. The van der Waals surface area contributed by atoms with Crippen LogP contribution in [0.1, 0.15) is 23.2 Å². The zero-order chi connectivity index (χ0) is 10.7. The number of anilines is 1. The fourth-order valence-electron chi connectivity index (χ4n) is 0.964. The number of nitrogens with two attached hydrogens (primary N) is 1. The predicted octanol–water partition coefficient (Wildman–Crippen LogP) is 2.21. The summed E-state index contributed by atoms with van der Waals surface area (Å²) in [6.45, 7) is 0. The van der Waals surface area contributed by atoms with Gasteiger partial charge in [0.1, 0.15) is 11.5 Å². The van der Waals surface area contributed by atoms with E-state index in [-0.39, 0.29) is 17.3 Å². The molecule has 0 unspecified atom stereocenters. The first-order chi connectivity index (χ1) is 6.60. The molecule has 1 rings (SSSR count). The second-order valence-corrected chi connectivity index (χ2v) is 2.77. The van der Waals surface area contributed by atoms with Crippen molar-refractivity contribution >= 4 is 17.4 Å². The summed E-state index contributed by atoms with van der Waals surface area (Å²) in [6.07, 6.45) is -2.74. The molecular weight excluding hydrogens is 212 g/mol. The fourth-order valence-corrected chi connectivity index (χ4v) is 1.24. The van der Waals surface area contributed by atoms with E-state index in [0.717, 1.165) is 6.07 Å². The number of hydrogen-bond donors (Lipinski definition) is 1. The normalized spacial score (nSPS) is 10.2. The Hall–Kier alpha value is -1.41. The van der Waals surface area contributed by atoms with Gasteiger partial charge in [0.05, 0.1) is 17.5 Å². The van der Waals surface area contributed by atoms with Crippen molar-refractivity contribution in [3.8, 4) is 6.07 Å². The molecule has 0 bridgehead atoms. The SMILES string of the molecule is N#Cc1cc(C(F)F)nc(N)c1CCl. The van der Waals surface area contributed by atoms with E-state index in [1.807, 2.05) is 0 Å². The molecule has 14 heavy (non-hydrogen) atoms. The van der Waals surface area contributed by atoms with Gasteiger partial charge in [0.25, 0.3) is 6.43 Å². The van der Waals surface area contributed by atoms with Crippen LogP contribution >= 0.6 is 11.6 Å². The van der Waals surface area contributed by atoms with Crippen LogP contribution in [0.15, 0.2) is 6.07 Å². The Bertz CT molecular complexity index is 387. The molecule has 0 saturated heterocycles. The lowest BCUT2D eigenvalue weighted by Crippen LogP contribution is -2.03. The average molecular weight is 218 g/mol. The summed E-state index contributed by atoms with van der Waals surface area (Å²) < 4.78 is 24.5. The van der Waals surface area contributed by atoms with Gasteiger partial charge < -0.3 is 5.73 Å². The van der Waals surface area contributed by atoms with Crippen LogP contribution in [0.5, 0.6) is 0 Å². The van der Waals surface area contributed by atoms with Crippen LogP contribution in [-0.4, -0.2) is 4.98 Å². The van der Waals surface area contributed by atoms with E-state index < -0.39 is 12.1 Å². The molecule has 74 valence electrons. The molecule has 0 aliphatic rings. The highest BCUT2D eigenvalue weighted by atomic mass is 35.5. The van der Waals surface area contributed by atoms with Crippen molar-refractivity contribution < 1.29 is 8.78 Å². The molecule has 0 aromatic carbocycles. The molecule has 0 amide bonds. The summed E-state index contributed by atoms with van der Waals surface area (Å²) in [6, 6.07) is 2.74. The van der Waals surface area contributed by atoms with Crippen LogP contribution in [0.4, 0.5) is 14.6 Å². The van der Waals surface area contributed by atoms with Crippen LogP contribution < -0.4 is 5.73 Å². The van der Waals surface area contributed by atoms with E-state index in [1.54, 1.807) is 6.07 Å². The summed E-state index contributed by atoms with van der Waals surface area (Å²) >= 11 is 5.49. The summed E-state index contributed by atoms with van der Waals surface area (Å²) in [4.78, 5) is 3.44. The van der Waals surface area contributed by atoms with Crippen molar-refractivity contribution in [2.24, 2.45) is 0 Å². The highest BCUT2D eigenvalue weighted by Gasteiger charge is 2.15. The van der Waals surface area contributed by atoms with Gasteiger partial charge in [0.15, 0.2) is 0 Å². The minimum Gasteiger partial charge on any atom is -0.383 e. The van der Waals surface area contributed by atoms with Gasteiger partial charge in [-0.25, -0.2) is 13.8 Å². The summed E-state index contributed by atoms with van der Waals surface area (Å²) in [5.41, 5.74) is 5.19. The Morgan fingerprint density at radius 2 is 2.29 bits per heavy atom. The monoisotopic (exact) mass is 217 g/mol. The Morgan fingerprint density at radius 1 is 1.64 bits per heavy atom. The number of hydrogen-bond acceptors (Lipinski definition) is 3. The van der Waals surface area contributed by atoms with E-state index in [1.165, 1.54) is 0 Å². The van der Waals surface area contributed by atoms with Crippen LogP contribution in [0, 0.1) is 11.3 Å². The van der Waals surface area contributed by atoms with E-state index in [0.29, 0.717) is 5.56 Å². The molecule has 0 fully saturated rings. The summed E-state index contributed by atoms with van der Waals surface area (Å²) in [7, 11) is 0. The van der Waals surface area contributed by atoms with E-state index in [4.69, 9.17) is 22.6 Å². The number of nitriles is 1. The van der Waals surface area contributed by atoms with E-state index >= 15 is 0 Å². The van der Waals surface area contributed by atoms with Crippen molar-refractivity contribution in [1.82, 2.24) is 4.98 Å².